The second-order valence-corrected chi connectivity index (χ2v) is 6.53. The molecule has 3 heterocycles. The first-order chi connectivity index (χ1) is 12.6. The molecule has 0 saturated carbocycles. The molecule has 134 valence electrons. The molecule has 8 heteroatoms. The van der Waals surface area contributed by atoms with Gasteiger partial charge in [-0.3, -0.25) is 19.6 Å². The third-order valence-corrected chi connectivity index (χ3v) is 4.59. The van der Waals surface area contributed by atoms with Crippen LogP contribution < -0.4 is 10.2 Å². The van der Waals surface area contributed by atoms with Crippen LogP contribution in [0.2, 0.25) is 5.02 Å². The molecule has 4 rings (SSSR count). The van der Waals surface area contributed by atoms with Gasteiger partial charge in [-0.25, -0.2) is 4.79 Å². The number of hydrogen-bond acceptors (Lipinski definition) is 4. The highest BCUT2D eigenvalue weighted by atomic mass is 35.5. The number of carbonyl (C=O) groups is 2. The van der Waals surface area contributed by atoms with Crippen LogP contribution in [0.5, 0.6) is 0 Å². The Balaban J connectivity index is 1.59. The van der Waals surface area contributed by atoms with E-state index >= 15 is 0 Å². The van der Waals surface area contributed by atoms with Crippen molar-refractivity contribution >= 4 is 35.1 Å². The molecule has 0 bridgehead atoms. The summed E-state index contributed by atoms with van der Waals surface area (Å²) < 4.78 is 5.20. The van der Waals surface area contributed by atoms with E-state index in [1.807, 2.05) is 6.07 Å². The highest BCUT2D eigenvalue weighted by Gasteiger charge is 2.37. The lowest BCUT2D eigenvalue weighted by Gasteiger charge is -2.39. The van der Waals surface area contributed by atoms with Gasteiger partial charge in [-0.05, 0) is 36.8 Å². The molecule has 2 aliphatic rings. The Morgan fingerprint density at radius 1 is 1.35 bits per heavy atom. The van der Waals surface area contributed by atoms with Crippen molar-refractivity contribution in [2.75, 3.05) is 24.5 Å². The summed E-state index contributed by atoms with van der Waals surface area (Å²) in [5.41, 5.74) is 1.42. The summed E-state index contributed by atoms with van der Waals surface area (Å²) >= 11 is 6.13. The normalized spacial score (nSPS) is 16.0. The number of carbonyl (C=O) groups excluding carboxylic acids is 2. The van der Waals surface area contributed by atoms with Gasteiger partial charge in [0.1, 0.15) is 18.1 Å². The Kier molecular flexibility index (Phi) is 4.38. The minimum Gasteiger partial charge on any atom is -0.467 e. The Bertz CT molecular complexity index is 879. The van der Waals surface area contributed by atoms with Crippen LogP contribution in [-0.2, 0) is 11.3 Å². The fraction of sp³-hybridized carbons (Fsp3) is 0.278. The van der Waals surface area contributed by atoms with Gasteiger partial charge < -0.3 is 9.73 Å². The Morgan fingerprint density at radius 3 is 3.04 bits per heavy atom. The maximum absolute atomic E-state index is 12.9. The fourth-order valence-electron chi connectivity index (χ4n) is 3.14. The monoisotopic (exact) mass is 372 g/mol. The van der Waals surface area contributed by atoms with Crippen molar-refractivity contribution < 1.29 is 14.0 Å². The molecule has 0 unspecified atom stereocenters. The van der Waals surface area contributed by atoms with E-state index in [-0.39, 0.29) is 25.0 Å². The molecule has 1 N–H and O–H groups in total. The van der Waals surface area contributed by atoms with Crippen molar-refractivity contribution in [2.45, 2.75) is 13.0 Å². The molecule has 0 atom stereocenters. The van der Waals surface area contributed by atoms with Crippen LogP contribution in [0.4, 0.5) is 10.5 Å². The number of benzene rings is 1. The average molecular weight is 373 g/mol. The molecular weight excluding hydrogens is 356 g/mol. The fourth-order valence-corrected chi connectivity index (χ4v) is 3.31. The Labute approximate surface area is 155 Å². The van der Waals surface area contributed by atoms with Crippen LogP contribution in [-0.4, -0.2) is 42.3 Å². The molecule has 7 nitrogen and oxygen atoms in total. The quantitative estimate of drug-likeness (QED) is 0.896. The minimum atomic E-state index is -0.280. The van der Waals surface area contributed by atoms with Gasteiger partial charge in [0.05, 0.1) is 18.5 Å². The van der Waals surface area contributed by atoms with Crippen LogP contribution in [0.3, 0.4) is 0 Å². The van der Waals surface area contributed by atoms with E-state index in [2.05, 4.69) is 10.3 Å². The van der Waals surface area contributed by atoms with E-state index in [4.69, 9.17) is 16.0 Å². The van der Waals surface area contributed by atoms with Gasteiger partial charge in [0, 0.05) is 23.7 Å². The zero-order chi connectivity index (χ0) is 18.1. The van der Waals surface area contributed by atoms with Crippen LogP contribution in [0.25, 0.3) is 0 Å². The molecule has 0 saturated heterocycles. The maximum Gasteiger partial charge on any atom is 0.330 e. The van der Waals surface area contributed by atoms with Crippen LogP contribution in [0.15, 0.2) is 46.0 Å². The van der Waals surface area contributed by atoms with E-state index < -0.39 is 0 Å². The topological polar surface area (TPSA) is 78.2 Å². The SMILES string of the molecule is O=C(CN1C(=O)N2CCCN=C2c2ccc(Cl)cc21)NCc1ccco1. The predicted octanol–water partition coefficient (Wildman–Crippen LogP) is 2.64. The van der Waals surface area contributed by atoms with E-state index in [0.717, 1.165) is 12.0 Å². The largest absolute Gasteiger partial charge is 0.467 e. The van der Waals surface area contributed by atoms with Crippen molar-refractivity contribution in [3.63, 3.8) is 0 Å². The van der Waals surface area contributed by atoms with Crippen molar-refractivity contribution in [1.29, 1.82) is 0 Å². The van der Waals surface area contributed by atoms with Crippen molar-refractivity contribution in [1.82, 2.24) is 10.2 Å². The van der Waals surface area contributed by atoms with Crippen molar-refractivity contribution in [3.8, 4) is 0 Å². The number of furan rings is 1. The maximum atomic E-state index is 12.9. The van der Waals surface area contributed by atoms with Crippen molar-refractivity contribution in [2.24, 2.45) is 4.99 Å². The molecule has 0 aliphatic carbocycles. The number of rotatable bonds is 4. The van der Waals surface area contributed by atoms with Gasteiger partial charge in [0.15, 0.2) is 0 Å². The van der Waals surface area contributed by atoms with Gasteiger partial charge in [-0.2, -0.15) is 0 Å². The summed E-state index contributed by atoms with van der Waals surface area (Å²) in [5.74, 6) is 1.02. The third kappa shape index (κ3) is 3.06. The van der Waals surface area contributed by atoms with Gasteiger partial charge in [-0.1, -0.05) is 11.6 Å². The summed E-state index contributed by atoms with van der Waals surface area (Å²) in [4.78, 5) is 32.9. The summed E-state index contributed by atoms with van der Waals surface area (Å²) in [6.45, 7) is 1.44. The zero-order valence-corrected chi connectivity index (χ0v) is 14.7. The number of fused-ring (bicyclic) bond motifs is 3. The predicted molar refractivity (Wildman–Crippen MR) is 97.5 cm³/mol. The lowest BCUT2D eigenvalue weighted by Crippen LogP contribution is -2.55. The number of aliphatic imine (C=N–C) groups is 1. The number of halogens is 1. The molecule has 0 radical (unpaired) electrons. The lowest BCUT2D eigenvalue weighted by molar-refractivity contribution is -0.119. The second kappa shape index (κ2) is 6.84. The summed E-state index contributed by atoms with van der Waals surface area (Å²) in [6, 6.07) is 8.58. The van der Waals surface area contributed by atoms with Gasteiger partial charge >= 0.3 is 6.03 Å². The number of anilines is 1. The number of hydrogen-bond donors (Lipinski definition) is 1. The first kappa shape index (κ1) is 16.7. The molecule has 3 amide bonds. The zero-order valence-electron chi connectivity index (χ0n) is 13.9. The first-order valence-electron chi connectivity index (χ1n) is 8.36. The molecular formula is C18H17ClN4O3. The van der Waals surface area contributed by atoms with Crippen LogP contribution in [0, 0.1) is 0 Å². The molecule has 2 aromatic rings. The second-order valence-electron chi connectivity index (χ2n) is 6.10. The van der Waals surface area contributed by atoms with E-state index in [1.165, 1.54) is 4.90 Å². The summed E-state index contributed by atoms with van der Waals surface area (Å²) in [6.07, 6.45) is 2.35. The molecule has 0 spiro atoms. The summed E-state index contributed by atoms with van der Waals surface area (Å²) in [5, 5.41) is 3.26. The third-order valence-electron chi connectivity index (χ3n) is 4.35. The van der Waals surface area contributed by atoms with Gasteiger partial charge in [-0.15, -0.1) is 0 Å². The molecule has 1 aromatic carbocycles. The van der Waals surface area contributed by atoms with Crippen LogP contribution in [0.1, 0.15) is 17.7 Å². The van der Waals surface area contributed by atoms with Gasteiger partial charge in [0.2, 0.25) is 5.91 Å². The average Bonchev–Trinajstić information content (AvgIpc) is 3.17. The Hall–Kier alpha value is -2.80. The molecule has 26 heavy (non-hydrogen) atoms. The standard InChI is InChI=1S/C18H17ClN4O3/c19-12-4-5-14-15(9-12)23(18(25)22-7-2-6-20-17(14)22)11-16(24)21-10-13-3-1-8-26-13/h1,3-5,8-9H,2,6-7,10-11H2,(H,21,24). The molecule has 0 fully saturated rings. The van der Waals surface area contributed by atoms with E-state index in [1.54, 1.807) is 35.4 Å². The van der Waals surface area contributed by atoms with Crippen molar-refractivity contribution in [3.05, 3.63) is 52.9 Å². The number of amidine groups is 1. The number of nitrogens with zero attached hydrogens (tertiary/aromatic N) is 3. The van der Waals surface area contributed by atoms with E-state index in [0.29, 0.717) is 35.4 Å². The smallest absolute Gasteiger partial charge is 0.330 e. The van der Waals surface area contributed by atoms with Crippen LogP contribution >= 0.6 is 11.6 Å². The highest BCUT2D eigenvalue weighted by Crippen LogP contribution is 2.32. The number of urea groups is 1. The Morgan fingerprint density at radius 2 is 2.23 bits per heavy atom. The van der Waals surface area contributed by atoms with Gasteiger partial charge in [0.25, 0.3) is 0 Å². The number of amides is 3. The van der Waals surface area contributed by atoms with E-state index in [9.17, 15) is 9.59 Å². The first-order valence-corrected chi connectivity index (χ1v) is 8.74. The molecule has 2 aliphatic heterocycles. The minimum absolute atomic E-state index is 0.101. The number of nitrogens with one attached hydrogen (secondary N) is 1. The molecule has 1 aromatic heterocycles. The lowest BCUT2D eigenvalue weighted by atomic mass is 10.1. The highest BCUT2D eigenvalue weighted by molar-refractivity contribution is 6.31. The summed E-state index contributed by atoms with van der Waals surface area (Å²) in [7, 11) is 0.